The lowest BCUT2D eigenvalue weighted by Gasteiger charge is -2.41. The van der Waals surface area contributed by atoms with Gasteiger partial charge in [0.1, 0.15) is 11.2 Å². The predicted molar refractivity (Wildman–Crippen MR) is 60.2 cm³/mol. The maximum absolute atomic E-state index is 12.2. The summed E-state index contributed by atoms with van der Waals surface area (Å²) >= 11 is 0. The SMILES string of the molecule is CCC[C@@]12CC[C@@H](O1)[C@](C)(C(C)=O)C(=O)C2. The van der Waals surface area contributed by atoms with E-state index in [1.54, 1.807) is 6.92 Å². The molecule has 0 saturated carbocycles. The van der Waals surface area contributed by atoms with Gasteiger partial charge in [-0.05, 0) is 33.1 Å². The van der Waals surface area contributed by atoms with Gasteiger partial charge >= 0.3 is 0 Å². The van der Waals surface area contributed by atoms with Crippen LogP contribution in [0, 0.1) is 5.41 Å². The summed E-state index contributed by atoms with van der Waals surface area (Å²) in [5.41, 5.74) is -1.13. The van der Waals surface area contributed by atoms with E-state index in [4.69, 9.17) is 4.74 Å². The van der Waals surface area contributed by atoms with Crippen molar-refractivity contribution in [2.45, 2.75) is 64.6 Å². The first-order valence-electron chi connectivity index (χ1n) is 6.17. The first-order valence-corrected chi connectivity index (χ1v) is 6.17. The van der Waals surface area contributed by atoms with Crippen LogP contribution in [-0.2, 0) is 14.3 Å². The number of carbonyl (C=O) groups is 2. The summed E-state index contributed by atoms with van der Waals surface area (Å²) in [7, 11) is 0. The summed E-state index contributed by atoms with van der Waals surface area (Å²) in [6, 6.07) is 0. The van der Waals surface area contributed by atoms with Crippen molar-refractivity contribution in [1.29, 1.82) is 0 Å². The molecule has 2 bridgehead atoms. The highest BCUT2D eigenvalue weighted by Crippen LogP contribution is 2.50. The molecule has 3 nitrogen and oxygen atoms in total. The summed E-state index contributed by atoms with van der Waals surface area (Å²) < 4.78 is 6.03. The van der Waals surface area contributed by atoms with Crippen molar-refractivity contribution < 1.29 is 14.3 Å². The van der Waals surface area contributed by atoms with Gasteiger partial charge in [-0.1, -0.05) is 13.3 Å². The maximum atomic E-state index is 12.2. The third-order valence-electron chi connectivity index (χ3n) is 4.40. The number of carbonyl (C=O) groups excluding carboxylic acids is 2. The molecule has 0 N–H and O–H groups in total. The van der Waals surface area contributed by atoms with Gasteiger partial charge in [0.05, 0.1) is 11.7 Å². The molecule has 0 spiro atoms. The van der Waals surface area contributed by atoms with Crippen LogP contribution in [0.2, 0.25) is 0 Å². The molecule has 2 heterocycles. The second-order valence-corrected chi connectivity index (χ2v) is 5.44. The maximum Gasteiger partial charge on any atom is 0.151 e. The summed E-state index contributed by atoms with van der Waals surface area (Å²) in [5.74, 6) is 0.0386. The average molecular weight is 224 g/mol. The normalized spacial score (nSPS) is 42.4. The molecule has 0 amide bonds. The molecule has 2 aliphatic rings. The van der Waals surface area contributed by atoms with E-state index < -0.39 is 5.41 Å². The molecule has 16 heavy (non-hydrogen) atoms. The van der Waals surface area contributed by atoms with Gasteiger partial charge in [0, 0.05) is 6.42 Å². The van der Waals surface area contributed by atoms with E-state index in [1.807, 2.05) is 0 Å². The summed E-state index contributed by atoms with van der Waals surface area (Å²) in [6.45, 7) is 5.37. The third kappa shape index (κ3) is 1.45. The molecule has 0 aromatic heterocycles. The Hall–Kier alpha value is -0.700. The Morgan fingerprint density at radius 2 is 2.25 bits per heavy atom. The summed E-state index contributed by atoms with van der Waals surface area (Å²) in [5, 5.41) is 0. The molecule has 0 unspecified atom stereocenters. The monoisotopic (exact) mass is 224 g/mol. The minimum Gasteiger partial charge on any atom is -0.370 e. The molecule has 2 rings (SSSR count). The zero-order chi connectivity index (χ0) is 12.0. The number of Topliss-reactive ketones (excluding diaryl/α,β-unsaturated/α-hetero) is 2. The first-order chi connectivity index (χ1) is 7.44. The summed E-state index contributed by atoms with van der Waals surface area (Å²) in [6.07, 6.45) is 3.98. The Morgan fingerprint density at radius 1 is 1.56 bits per heavy atom. The largest absolute Gasteiger partial charge is 0.370 e. The molecule has 90 valence electrons. The van der Waals surface area contributed by atoms with E-state index in [2.05, 4.69) is 6.92 Å². The van der Waals surface area contributed by atoms with Crippen LogP contribution in [0.4, 0.5) is 0 Å². The Kier molecular flexibility index (Phi) is 2.69. The Labute approximate surface area is 96.5 Å². The van der Waals surface area contributed by atoms with E-state index in [-0.39, 0.29) is 23.3 Å². The zero-order valence-electron chi connectivity index (χ0n) is 10.3. The summed E-state index contributed by atoms with van der Waals surface area (Å²) in [4.78, 5) is 23.9. The van der Waals surface area contributed by atoms with E-state index in [0.717, 1.165) is 25.7 Å². The molecule has 2 aliphatic heterocycles. The van der Waals surface area contributed by atoms with Crippen molar-refractivity contribution in [1.82, 2.24) is 0 Å². The number of hydrogen-bond donors (Lipinski definition) is 0. The van der Waals surface area contributed by atoms with Gasteiger partial charge in [0.15, 0.2) is 5.78 Å². The van der Waals surface area contributed by atoms with Gasteiger partial charge in [-0.2, -0.15) is 0 Å². The van der Waals surface area contributed by atoms with E-state index in [9.17, 15) is 9.59 Å². The molecular weight excluding hydrogens is 204 g/mol. The molecule has 0 radical (unpaired) electrons. The molecule has 2 saturated heterocycles. The number of ketones is 2. The van der Waals surface area contributed by atoms with Gasteiger partial charge in [-0.15, -0.1) is 0 Å². The van der Waals surface area contributed by atoms with Crippen molar-refractivity contribution in [2.75, 3.05) is 0 Å². The van der Waals surface area contributed by atoms with Gasteiger partial charge < -0.3 is 4.74 Å². The fourth-order valence-electron chi connectivity index (χ4n) is 3.16. The Bertz CT molecular complexity index is 336. The number of fused-ring (bicyclic) bond motifs is 2. The zero-order valence-corrected chi connectivity index (χ0v) is 10.3. The molecule has 0 aromatic rings. The van der Waals surface area contributed by atoms with Crippen molar-refractivity contribution in [3.8, 4) is 0 Å². The van der Waals surface area contributed by atoms with Crippen molar-refractivity contribution in [2.24, 2.45) is 5.41 Å². The lowest BCUT2D eigenvalue weighted by atomic mass is 9.73. The van der Waals surface area contributed by atoms with Crippen molar-refractivity contribution in [3.63, 3.8) is 0 Å². The van der Waals surface area contributed by atoms with Gasteiger partial charge in [0.25, 0.3) is 0 Å². The van der Waals surface area contributed by atoms with Crippen LogP contribution in [-0.4, -0.2) is 23.3 Å². The minimum atomic E-state index is -0.881. The highest BCUT2D eigenvalue weighted by atomic mass is 16.5. The highest BCUT2D eigenvalue weighted by molar-refractivity contribution is 6.07. The molecule has 2 fully saturated rings. The van der Waals surface area contributed by atoms with Crippen LogP contribution in [0.15, 0.2) is 0 Å². The Balaban J connectivity index is 2.28. The smallest absolute Gasteiger partial charge is 0.151 e. The number of hydrogen-bond acceptors (Lipinski definition) is 3. The lowest BCUT2D eigenvalue weighted by Crippen LogP contribution is -2.53. The third-order valence-corrected chi connectivity index (χ3v) is 4.40. The molecular formula is C13H20O3. The number of ether oxygens (including phenoxy) is 1. The standard InChI is InChI=1S/C13H20O3/c1-4-6-13-7-5-11(16-13)12(3,9(2)14)10(15)8-13/h11H,4-8H2,1-3H3/t11-,12-,13+/m1/s1. The fraction of sp³-hybridized carbons (Fsp3) is 0.846. The van der Waals surface area contributed by atoms with Gasteiger partial charge in [-0.3, -0.25) is 9.59 Å². The second kappa shape index (κ2) is 3.66. The van der Waals surface area contributed by atoms with Crippen LogP contribution in [0.25, 0.3) is 0 Å². The molecule has 3 atom stereocenters. The Morgan fingerprint density at radius 3 is 2.81 bits per heavy atom. The van der Waals surface area contributed by atoms with Gasteiger partial charge in [0.2, 0.25) is 0 Å². The second-order valence-electron chi connectivity index (χ2n) is 5.44. The van der Waals surface area contributed by atoms with Crippen molar-refractivity contribution in [3.05, 3.63) is 0 Å². The van der Waals surface area contributed by atoms with Crippen molar-refractivity contribution >= 4 is 11.6 Å². The first kappa shape index (κ1) is 11.8. The molecule has 3 heteroatoms. The topological polar surface area (TPSA) is 43.4 Å². The number of rotatable bonds is 3. The van der Waals surface area contributed by atoms with Crippen LogP contribution in [0.1, 0.15) is 52.9 Å². The average Bonchev–Trinajstić information content (AvgIpc) is 2.57. The molecule has 0 aliphatic carbocycles. The van der Waals surface area contributed by atoms with Gasteiger partial charge in [-0.25, -0.2) is 0 Å². The lowest BCUT2D eigenvalue weighted by molar-refractivity contribution is -0.172. The van der Waals surface area contributed by atoms with Crippen LogP contribution in [0.5, 0.6) is 0 Å². The highest BCUT2D eigenvalue weighted by Gasteiger charge is 2.59. The van der Waals surface area contributed by atoms with Crippen LogP contribution < -0.4 is 0 Å². The minimum absolute atomic E-state index is 0.0468. The van der Waals surface area contributed by atoms with Crippen LogP contribution >= 0.6 is 0 Å². The molecule has 0 aromatic carbocycles. The van der Waals surface area contributed by atoms with E-state index >= 15 is 0 Å². The fourth-order valence-corrected chi connectivity index (χ4v) is 3.16. The predicted octanol–water partition coefficient (Wildman–Crippen LogP) is 2.27. The van der Waals surface area contributed by atoms with E-state index in [0.29, 0.717) is 6.42 Å². The van der Waals surface area contributed by atoms with Crippen LogP contribution in [0.3, 0.4) is 0 Å². The quantitative estimate of drug-likeness (QED) is 0.691. The van der Waals surface area contributed by atoms with E-state index in [1.165, 1.54) is 6.92 Å².